The molecule has 3 rings (SSSR count). The van der Waals surface area contributed by atoms with Gasteiger partial charge in [-0.3, -0.25) is 19.0 Å². The van der Waals surface area contributed by atoms with Crippen molar-refractivity contribution >= 4 is 40.0 Å². The van der Waals surface area contributed by atoms with Crippen LogP contribution in [0.25, 0.3) is 10.9 Å². The van der Waals surface area contributed by atoms with E-state index in [0.29, 0.717) is 33.9 Å². The van der Waals surface area contributed by atoms with Gasteiger partial charge < -0.3 is 10.1 Å². The van der Waals surface area contributed by atoms with E-state index in [-0.39, 0.29) is 29.0 Å². The Bertz CT molecular complexity index is 1130. The second-order valence-electron chi connectivity index (χ2n) is 6.86. The summed E-state index contributed by atoms with van der Waals surface area (Å²) in [7, 11) is 1.58. The molecule has 0 aliphatic rings. The Hall–Kier alpha value is -2.97. The highest BCUT2D eigenvalue weighted by Gasteiger charge is 2.17. The molecule has 0 radical (unpaired) electrons. The number of methoxy groups -OCH3 is 1. The van der Waals surface area contributed by atoms with Crippen molar-refractivity contribution in [3.05, 3.63) is 64.4 Å². The maximum atomic E-state index is 13.0. The number of ketones is 1. The number of nitrogens with one attached hydrogen (secondary N) is 1. The van der Waals surface area contributed by atoms with Crippen molar-refractivity contribution in [3.8, 4) is 0 Å². The molecule has 0 aliphatic heterocycles. The number of para-hydroxylation sites is 1. The molecule has 1 atom stereocenters. The zero-order valence-electron chi connectivity index (χ0n) is 17.0. The van der Waals surface area contributed by atoms with Crippen LogP contribution < -0.4 is 10.9 Å². The monoisotopic (exact) mass is 425 g/mol. The van der Waals surface area contributed by atoms with Crippen LogP contribution in [-0.4, -0.2) is 40.7 Å². The van der Waals surface area contributed by atoms with Crippen LogP contribution in [0.5, 0.6) is 0 Å². The average Bonchev–Trinajstić information content (AvgIpc) is 2.73. The van der Waals surface area contributed by atoms with Crippen LogP contribution in [0.1, 0.15) is 30.2 Å². The summed E-state index contributed by atoms with van der Waals surface area (Å²) in [6.07, 6.45) is 0. The normalized spacial score (nSPS) is 12.0. The summed E-state index contributed by atoms with van der Waals surface area (Å²) in [6, 6.07) is 13.6. The van der Waals surface area contributed by atoms with Crippen LogP contribution in [0.3, 0.4) is 0 Å². The summed E-state index contributed by atoms with van der Waals surface area (Å²) in [4.78, 5) is 41.4. The second-order valence-corrected chi connectivity index (χ2v) is 7.80. The van der Waals surface area contributed by atoms with Gasteiger partial charge in [0.2, 0.25) is 5.91 Å². The number of hydrogen-bond donors (Lipinski definition) is 1. The van der Waals surface area contributed by atoms with Crippen LogP contribution >= 0.6 is 11.8 Å². The number of benzene rings is 2. The number of thioether (sulfide) groups is 1. The first-order chi connectivity index (χ1) is 14.4. The maximum absolute atomic E-state index is 13.0. The minimum Gasteiger partial charge on any atom is -0.383 e. The van der Waals surface area contributed by atoms with E-state index in [1.807, 2.05) is 13.0 Å². The number of ether oxygens (including phenoxy) is 1. The minimum atomic E-state index is -0.232. The zero-order valence-corrected chi connectivity index (χ0v) is 17.9. The van der Waals surface area contributed by atoms with E-state index in [0.717, 1.165) is 0 Å². The molecule has 1 aromatic heterocycles. The van der Waals surface area contributed by atoms with Crippen molar-refractivity contribution < 1.29 is 14.3 Å². The third-order valence-corrected chi connectivity index (χ3v) is 5.48. The van der Waals surface area contributed by atoms with Crippen LogP contribution in [0.4, 0.5) is 5.69 Å². The predicted octanol–water partition coefficient (Wildman–Crippen LogP) is 3.54. The largest absolute Gasteiger partial charge is 0.383 e. The first kappa shape index (κ1) is 21.7. The van der Waals surface area contributed by atoms with Crippen molar-refractivity contribution in [2.75, 3.05) is 24.8 Å². The van der Waals surface area contributed by atoms with Gasteiger partial charge in [-0.2, -0.15) is 0 Å². The third-order valence-electron chi connectivity index (χ3n) is 4.53. The molecule has 0 spiro atoms. The molecule has 7 nitrogen and oxygen atoms in total. The van der Waals surface area contributed by atoms with Crippen molar-refractivity contribution in [1.29, 1.82) is 0 Å². The lowest BCUT2D eigenvalue weighted by atomic mass is 10.1. The summed E-state index contributed by atoms with van der Waals surface area (Å²) in [5, 5.41) is 3.78. The van der Waals surface area contributed by atoms with E-state index in [1.54, 1.807) is 54.1 Å². The lowest BCUT2D eigenvalue weighted by Gasteiger charge is -2.18. The average molecular weight is 426 g/mol. The summed E-state index contributed by atoms with van der Waals surface area (Å²) < 4.78 is 6.79. The number of amides is 1. The fourth-order valence-electron chi connectivity index (χ4n) is 3.05. The third kappa shape index (κ3) is 4.95. The number of carbonyl (C=O) groups excluding carboxylic acids is 2. The van der Waals surface area contributed by atoms with Crippen LogP contribution in [0, 0.1) is 0 Å². The number of anilines is 1. The highest BCUT2D eigenvalue weighted by atomic mass is 32.2. The molecule has 0 saturated heterocycles. The molecule has 0 fully saturated rings. The van der Waals surface area contributed by atoms with Crippen LogP contribution in [0.2, 0.25) is 0 Å². The molecule has 1 heterocycles. The van der Waals surface area contributed by atoms with Gasteiger partial charge >= 0.3 is 0 Å². The molecule has 2 aromatic carbocycles. The van der Waals surface area contributed by atoms with Gasteiger partial charge in [0.05, 0.1) is 29.3 Å². The summed E-state index contributed by atoms with van der Waals surface area (Å²) in [5.41, 5.74) is 1.61. The number of fused-ring (bicyclic) bond motifs is 1. The van der Waals surface area contributed by atoms with Crippen molar-refractivity contribution in [1.82, 2.24) is 9.55 Å². The summed E-state index contributed by atoms with van der Waals surface area (Å²) in [6.45, 7) is 3.72. The lowest BCUT2D eigenvalue weighted by Crippen LogP contribution is -2.29. The van der Waals surface area contributed by atoms with E-state index in [4.69, 9.17) is 4.74 Å². The molecule has 156 valence electrons. The standard InChI is InChI=1S/C22H23N3O4S/c1-14(12-29-3)25-21(28)18-6-4-5-7-19(18)24-22(25)30-13-20(27)23-17-10-8-16(9-11-17)15(2)26/h4-11,14H,12-13H2,1-3H3,(H,23,27). The molecule has 8 heteroatoms. The van der Waals surface area contributed by atoms with E-state index < -0.39 is 0 Å². The van der Waals surface area contributed by atoms with Crippen molar-refractivity contribution in [2.24, 2.45) is 0 Å². The van der Waals surface area contributed by atoms with Gasteiger partial charge in [-0.25, -0.2) is 4.98 Å². The number of rotatable bonds is 8. The Balaban J connectivity index is 1.80. The van der Waals surface area contributed by atoms with Crippen LogP contribution in [-0.2, 0) is 9.53 Å². The van der Waals surface area contributed by atoms with Crippen LogP contribution in [0.15, 0.2) is 58.5 Å². The van der Waals surface area contributed by atoms with Gasteiger partial charge in [-0.05, 0) is 50.2 Å². The number of carbonyl (C=O) groups is 2. The van der Waals surface area contributed by atoms with Gasteiger partial charge in [0.15, 0.2) is 10.9 Å². The Kier molecular flexibility index (Phi) is 7.02. The molecule has 3 aromatic rings. The Morgan fingerprint density at radius 2 is 1.87 bits per heavy atom. The van der Waals surface area contributed by atoms with Crippen molar-refractivity contribution in [2.45, 2.75) is 25.0 Å². The number of nitrogens with zero attached hydrogens (tertiary/aromatic N) is 2. The SMILES string of the molecule is COCC(C)n1c(SCC(=O)Nc2ccc(C(C)=O)cc2)nc2ccccc2c1=O. The Labute approximate surface area is 178 Å². The van der Waals surface area contributed by atoms with E-state index in [9.17, 15) is 14.4 Å². The van der Waals surface area contributed by atoms with Gasteiger partial charge in [0.25, 0.3) is 5.56 Å². The molecular formula is C22H23N3O4S. The molecule has 0 aliphatic carbocycles. The maximum Gasteiger partial charge on any atom is 0.262 e. The summed E-state index contributed by atoms with van der Waals surface area (Å²) in [5.74, 6) is -0.184. The Morgan fingerprint density at radius 3 is 2.53 bits per heavy atom. The molecule has 0 bridgehead atoms. The van der Waals surface area contributed by atoms with Gasteiger partial charge in [-0.15, -0.1) is 0 Å². The van der Waals surface area contributed by atoms with Crippen molar-refractivity contribution in [3.63, 3.8) is 0 Å². The molecule has 30 heavy (non-hydrogen) atoms. The summed E-state index contributed by atoms with van der Waals surface area (Å²) >= 11 is 1.20. The number of Topliss-reactive ketones (excluding diaryl/α,β-unsaturated/α-hetero) is 1. The van der Waals surface area contributed by atoms with E-state index in [2.05, 4.69) is 10.3 Å². The molecule has 1 unspecified atom stereocenters. The minimum absolute atomic E-state index is 0.0334. The van der Waals surface area contributed by atoms with Gasteiger partial charge in [0, 0.05) is 18.4 Å². The first-order valence-electron chi connectivity index (χ1n) is 9.44. The number of hydrogen-bond acceptors (Lipinski definition) is 6. The number of aromatic nitrogens is 2. The lowest BCUT2D eigenvalue weighted by molar-refractivity contribution is -0.113. The quantitative estimate of drug-likeness (QED) is 0.337. The smallest absolute Gasteiger partial charge is 0.262 e. The highest BCUT2D eigenvalue weighted by Crippen LogP contribution is 2.21. The predicted molar refractivity (Wildman–Crippen MR) is 118 cm³/mol. The molecular weight excluding hydrogens is 402 g/mol. The fourth-order valence-corrected chi connectivity index (χ4v) is 3.94. The van der Waals surface area contributed by atoms with Gasteiger partial charge in [-0.1, -0.05) is 23.9 Å². The van der Waals surface area contributed by atoms with Gasteiger partial charge in [0.1, 0.15) is 0 Å². The highest BCUT2D eigenvalue weighted by molar-refractivity contribution is 7.99. The topological polar surface area (TPSA) is 90.3 Å². The molecule has 0 saturated carbocycles. The first-order valence-corrected chi connectivity index (χ1v) is 10.4. The molecule has 1 amide bonds. The van der Waals surface area contributed by atoms with E-state index >= 15 is 0 Å². The fraction of sp³-hybridized carbons (Fsp3) is 0.273. The zero-order chi connectivity index (χ0) is 21.7. The van der Waals surface area contributed by atoms with E-state index in [1.165, 1.54) is 18.7 Å². The second kappa shape index (κ2) is 9.69. The Morgan fingerprint density at radius 1 is 1.17 bits per heavy atom. The molecule has 1 N–H and O–H groups in total.